The van der Waals surface area contributed by atoms with E-state index in [0.717, 1.165) is 48.7 Å². The van der Waals surface area contributed by atoms with Gasteiger partial charge in [0.2, 0.25) is 11.8 Å². The van der Waals surface area contributed by atoms with Gasteiger partial charge in [-0.1, -0.05) is 30.3 Å². The molecule has 2 fully saturated rings. The third-order valence-electron chi connectivity index (χ3n) is 6.60. The summed E-state index contributed by atoms with van der Waals surface area (Å²) in [6, 6.07) is 17.8. The van der Waals surface area contributed by atoms with E-state index in [1.165, 1.54) is 0 Å². The molecule has 8 nitrogen and oxygen atoms in total. The number of piperazine rings is 1. The highest BCUT2D eigenvalue weighted by Crippen LogP contribution is 2.38. The largest absolute Gasteiger partial charge is 0.343 e. The maximum absolute atomic E-state index is 12.8. The molecule has 2 aromatic rings. The van der Waals surface area contributed by atoms with Crippen LogP contribution in [0.4, 0.5) is 11.4 Å². The van der Waals surface area contributed by atoms with E-state index in [9.17, 15) is 9.59 Å². The van der Waals surface area contributed by atoms with Crippen molar-refractivity contribution in [2.24, 2.45) is 5.92 Å². The van der Waals surface area contributed by atoms with Crippen molar-refractivity contribution in [2.75, 3.05) is 56.7 Å². The van der Waals surface area contributed by atoms with Crippen molar-refractivity contribution >= 4 is 28.8 Å². The van der Waals surface area contributed by atoms with E-state index < -0.39 is 0 Å². The first kappa shape index (κ1) is 21.6. The quantitative estimate of drug-likeness (QED) is 0.644. The molecule has 2 saturated heterocycles. The first-order chi connectivity index (χ1) is 16.1. The molecule has 3 N–H and O–H groups in total. The smallest absolute Gasteiger partial charge is 0.238 e. The Hall–Kier alpha value is -3.20. The minimum absolute atomic E-state index is 0.00133. The van der Waals surface area contributed by atoms with Gasteiger partial charge in [-0.05, 0) is 42.4 Å². The lowest BCUT2D eigenvalue weighted by molar-refractivity contribution is -0.125. The van der Waals surface area contributed by atoms with Gasteiger partial charge in [-0.3, -0.25) is 19.8 Å². The summed E-state index contributed by atoms with van der Waals surface area (Å²) in [5, 5.41) is 9.34. The summed E-state index contributed by atoms with van der Waals surface area (Å²) in [4.78, 5) is 31.8. The number of carbonyl (C=O) groups is 2. The Morgan fingerprint density at radius 2 is 1.76 bits per heavy atom. The predicted molar refractivity (Wildman–Crippen MR) is 129 cm³/mol. The number of amides is 2. The monoisotopic (exact) mass is 446 g/mol. The average molecular weight is 447 g/mol. The van der Waals surface area contributed by atoms with Crippen LogP contribution in [0.25, 0.3) is 5.57 Å². The number of fused-ring (bicyclic) bond motifs is 1. The molecule has 3 heterocycles. The number of nitrogens with one attached hydrogen (secondary N) is 3. The van der Waals surface area contributed by atoms with Crippen LogP contribution in [0.15, 0.2) is 60.8 Å². The number of rotatable bonds is 5. The third kappa shape index (κ3) is 4.64. The fraction of sp³-hybridized carbons (Fsp3) is 0.360. The number of anilines is 2. The van der Waals surface area contributed by atoms with E-state index >= 15 is 0 Å². The summed E-state index contributed by atoms with van der Waals surface area (Å²) < 4.78 is 0. The molecule has 5 rings (SSSR count). The molecule has 2 amide bonds. The molecule has 3 aliphatic heterocycles. The van der Waals surface area contributed by atoms with Crippen molar-refractivity contribution in [2.45, 2.75) is 6.17 Å². The van der Waals surface area contributed by atoms with Gasteiger partial charge in [-0.25, -0.2) is 0 Å². The third-order valence-corrected chi connectivity index (χ3v) is 6.60. The van der Waals surface area contributed by atoms with Crippen molar-refractivity contribution < 1.29 is 9.59 Å². The fourth-order valence-corrected chi connectivity index (χ4v) is 4.74. The Bertz CT molecular complexity index is 1030. The van der Waals surface area contributed by atoms with Crippen LogP contribution >= 0.6 is 0 Å². The summed E-state index contributed by atoms with van der Waals surface area (Å²) in [6.07, 6.45) is 1.93. The summed E-state index contributed by atoms with van der Waals surface area (Å²) >= 11 is 0. The summed E-state index contributed by atoms with van der Waals surface area (Å²) in [7, 11) is 2.10. The Morgan fingerprint density at radius 3 is 2.48 bits per heavy atom. The van der Waals surface area contributed by atoms with Crippen molar-refractivity contribution in [3.8, 4) is 0 Å². The molecular formula is C25H30N6O2. The van der Waals surface area contributed by atoms with E-state index in [4.69, 9.17) is 0 Å². The zero-order valence-corrected chi connectivity index (χ0v) is 18.8. The maximum Gasteiger partial charge on any atom is 0.238 e. The lowest BCUT2D eigenvalue weighted by atomic mass is 9.91. The summed E-state index contributed by atoms with van der Waals surface area (Å²) in [5.74, 6) is -0.289. The molecule has 8 heteroatoms. The van der Waals surface area contributed by atoms with Crippen molar-refractivity contribution in [1.29, 1.82) is 0 Å². The first-order valence-corrected chi connectivity index (χ1v) is 11.5. The number of nitrogens with zero attached hydrogens (tertiary/aromatic N) is 3. The van der Waals surface area contributed by atoms with E-state index in [-0.39, 0.29) is 23.9 Å². The Labute approximate surface area is 194 Å². The fourth-order valence-electron chi connectivity index (χ4n) is 4.74. The van der Waals surface area contributed by atoms with Crippen LogP contribution in [0, 0.1) is 5.92 Å². The van der Waals surface area contributed by atoms with Crippen LogP contribution in [0.2, 0.25) is 0 Å². The maximum atomic E-state index is 12.8. The minimum atomic E-state index is -0.309. The Kier molecular flexibility index (Phi) is 6.13. The van der Waals surface area contributed by atoms with Gasteiger partial charge in [0.15, 0.2) is 0 Å². The molecule has 0 aliphatic carbocycles. The zero-order chi connectivity index (χ0) is 22.8. The number of likely N-dealkylation sites (N-methyl/N-ethyl adjacent to an activating group) is 1. The molecule has 2 aromatic carbocycles. The van der Waals surface area contributed by atoms with Gasteiger partial charge in [-0.2, -0.15) is 0 Å². The Morgan fingerprint density at radius 1 is 1.03 bits per heavy atom. The van der Waals surface area contributed by atoms with Crippen LogP contribution in [0.1, 0.15) is 5.56 Å². The first-order valence-electron chi connectivity index (χ1n) is 11.5. The highest BCUT2D eigenvalue weighted by Gasteiger charge is 2.43. The summed E-state index contributed by atoms with van der Waals surface area (Å²) in [5.41, 5.74) is 3.74. The van der Waals surface area contributed by atoms with Crippen molar-refractivity contribution in [3.05, 3.63) is 66.4 Å². The molecule has 0 bridgehead atoms. The van der Waals surface area contributed by atoms with Crippen LogP contribution < -0.4 is 20.9 Å². The van der Waals surface area contributed by atoms with Crippen LogP contribution in [-0.2, 0) is 9.59 Å². The van der Waals surface area contributed by atoms with E-state index in [1.54, 1.807) is 0 Å². The highest BCUT2D eigenvalue weighted by atomic mass is 16.2. The standard InChI is InChI=1S/C25H30N6O2/c1-29-11-13-30(14-12-29)16-22(32)28-19-9-7-18(8-10-19)21-15-31(20-5-3-2-4-6-20)24-23(21)25(33)27-17-26-24/h2-10,15,23-24,26H,11-14,16-17H2,1H3,(H,27,33)(H,28,32). The number of para-hydroxylation sites is 1. The zero-order valence-electron chi connectivity index (χ0n) is 18.8. The minimum Gasteiger partial charge on any atom is -0.343 e. The second kappa shape index (κ2) is 9.35. The molecular weight excluding hydrogens is 416 g/mol. The topological polar surface area (TPSA) is 80.0 Å². The molecule has 0 radical (unpaired) electrons. The van der Waals surface area contributed by atoms with Gasteiger partial charge in [-0.15, -0.1) is 0 Å². The lowest BCUT2D eigenvalue weighted by Crippen LogP contribution is -2.58. The number of benzene rings is 2. The van der Waals surface area contributed by atoms with Gasteiger partial charge in [0.05, 0.1) is 19.1 Å². The van der Waals surface area contributed by atoms with E-state index in [0.29, 0.717) is 13.2 Å². The number of hydrogen-bond acceptors (Lipinski definition) is 6. The molecule has 3 aliphatic rings. The predicted octanol–water partition coefficient (Wildman–Crippen LogP) is 1.35. The Balaban J connectivity index is 1.30. The number of hydrogen-bond donors (Lipinski definition) is 3. The molecule has 33 heavy (non-hydrogen) atoms. The van der Waals surface area contributed by atoms with Crippen molar-refractivity contribution in [1.82, 2.24) is 20.4 Å². The summed E-state index contributed by atoms with van der Waals surface area (Å²) in [6.45, 7) is 4.65. The van der Waals surface area contributed by atoms with Crippen LogP contribution in [0.5, 0.6) is 0 Å². The SMILES string of the molecule is CN1CCN(CC(=O)Nc2ccc(C3=CN(c4ccccc4)C4NCNC(=O)C34)cc2)CC1. The van der Waals surface area contributed by atoms with E-state index in [2.05, 4.69) is 43.9 Å². The normalized spacial score (nSPS) is 23.6. The molecule has 172 valence electrons. The van der Waals surface area contributed by atoms with Gasteiger partial charge in [0.1, 0.15) is 6.17 Å². The van der Waals surface area contributed by atoms with E-state index in [1.807, 2.05) is 54.6 Å². The molecule has 2 atom stereocenters. The molecule has 2 unspecified atom stereocenters. The second-order valence-corrected chi connectivity index (χ2v) is 8.88. The van der Waals surface area contributed by atoms with Gasteiger partial charge < -0.3 is 20.4 Å². The molecule has 0 aromatic heterocycles. The second-order valence-electron chi connectivity index (χ2n) is 8.88. The van der Waals surface area contributed by atoms with Gasteiger partial charge >= 0.3 is 0 Å². The highest BCUT2D eigenvalue weighted by molar-refractivity contribution is 5.97. The molecule has 0 saturated carbocycles. The lowest BCUT2D eigenvalue weighted by Gasteiger charge is -2.34. The van der Waals surface area contributed by atoms with Crippen molar-refractivity contribution in [3.63, 3.8) is 0 Å². The average Bonchev–Trinajstić information content (AvgIpc) is 3.23. The molecule has 0 spiro atoms. The van der Waals surface area contributed by atoms with Gasteiger partial charge in [0, 0.05) is 43.8 Å². The number of carbonyl (C=O) groups excluding carboxylic acids is 2. The van der Waals surface area contributed by atoms with Crippen LogP contribution in [-0.4, -0.2) is 74.2 Å². The van der Waals surface area contributed by atoms with Crippen LogP contribution in [0.3, 0.4) is 0 Å². The van der Waals surface area contributed by atoms with Gasteiger partial charge in [0.25, 0.3) is 0 Å².